The Morgan fingerprint density at radius 1 is 0.893 bits per heavy atom. The maximum absolute atomic E-state index is 5.07. The quantitative estimate of drug-likeness (QED) is 0.345. The summed E-state index contributed by atoms with van der Waals surface area (Å²) in [6, 6.07) is 18.2. The lowest BCUT2D eigenvalue weighted by Crippen LogP contribution is -2.20. The van der Waals surface area contributed by atoms with Crippen LogP contribution in [0.15, 0.2) is 53.5 Å². The Balaban J connectivity index is 1.61. The number of aryl methyl sites for hydroxylation is 2. The molecule has 5 rings (SSSR count). The van der Waals surface area contributed by atoms with Gasteiger partial charge < -0.3 is 0 Å². The first-order chi connectivity index (χ1) is 13.4. The fraction of sp³-hybridized carbons (Fsp3) is 0.370. The molecule has 1 heterocycles. The van der Waals surface area contributed by atoms with Crippen molar-refractivity contribution in [1.29, 1.82) is 0 Å². The molecular formula is C27H29N. The van der Waals surface area contributed by atoms with Crippen LogP contribution in [-0.4, -0.2) is 5.71 Å². The minimum Gasteiger partial charge on any atom is -0.247 e. The van der Waals surface area contributed by atoms with Crippen molar-refractivity contribution in [1.82, 2.24) is 0 Å². The van der Waals surface area contributed by atoms with Gasteiger partial charge in [0.05, 0.1) is 11.4 Å². The van der Waals surface area contributed by atoms with Crippen molar-refractivity contribution in [3.05, 3.63) is 76.3 Å². The van der Waals surface area contributed by atoms with Gasteiger partial charge in [-0.25, -0.2) is 4.99 Å². The molecule has 0 spiro atoms. The highest BCUT2D eigenvalue weighted by Gasteiger charge is 2.29. The largest absolute Gasteiger partial charge is 0.247 e. The van der Waals surface area contributed by atoms with Crippen molar-refractivity contribution < 1.29 is 0 Å². The average Bonchev–Trinajstić information content (AvgIpc) is 3.02. The van der Waals surface area contributed by atoms with Crippen LogP contribution in [0, 0.1) is 19.3 Å². The maximum atomic E-state index is 5.07. The van der Waals surface area contributed by atoms with Crippen LogP contribution < -0.4 is 0 Å². The van der Waals surface area contributed by atoms with Crippen LogP contribution in [0.2, 0.25) is 0 Å². The fourth-order valence-corrected chi connectivity index (χ4v) is 5.28. The zero-order valence-corrected chi connectivity index (χ0v) is 17.5. The average molecular weight is 368 g/mol. The number of hydrogen-bond donors (Lipinski definition) is 0. The smallest absolute Gasteiger partial charge is 0.0789 e. The standard InChI is InChI=1S/C27H29N/c1-17-14-18(2)16-20(15-17)26-23-7-5-6-22-21(8-9-24(28-26)25(22)23)19-10-12-27(3,4)13-11-19/h5-9,14-16,19H,10-13H2,1-4H3. The van der Waals surface area contributed by atoms with E-state index in [9.17, 15) is 0 Å². The predicted octanol–water partition coefficient (Wildman–Crippen LogP) is 7.62. The van der Waals surface area contributed by atoms with Crippen molar-refractivity contribution in [2.24, 2.45) is 10.4 Å². The van der Waals surface area contributed by atoms with E-state index in [0.717, 1.165) is 11.4 Å². The summed E-state index contributed by atoms with van der Waals surface area (Å²) in [6.45, 7) is 9.17. The molecule has 0 N–H and O–H groups in total. The molecule has 1 saturated carbocycles. The minimum absolute atomic E-state index is 0.505. The highest BCUT2D eigenvalue weighted by molar-refractivity contribution is 6.26. The van der Waals surface area contributed by atoms with Crippen LogP contribution in [0.1, 0.15) is 73.3 Å². The summed E-state index contributed by atoms with van der Waals surface area (Å²) in [7, 11) is 0. The zero-order valence-electron chi connectivity index (χ0n) is 17.5. The van der Waals surface area contributed by atoms with E-state index in [4.69, 9.17) is 4.99 Å². The summed E-state index contributed by atoms with van der Waals surface area (Å²) in [4.78, 5) is 5.07. The van der Waals surface area contributed by atoms with E-state index in [1.165, 1.54) is 64.3 Å². The highest BCUT2D eigenvalue weighted by atomic mass is 14.8. The normalized spacial score (nSPS) is 18.5. The van der Waals surface area contributed by atoms with Gasteiger partial charge in [-0.15, -0.1) is 0 Å². The lowest BCUT2D eigenvalue weighted by molar-refractivity contribution is 0.225. The van der Waals surface area contributed by atoms with Crippen molar-refractivity contribution in [2.45, 2.75) is 59.3 Å². The van der Waals surface area contributed by atoms with Crippen LogP contribution in [-0.2, 0) is 0 Å². The van der Waals surface area contributed by atoms with Crippen molar-refractivity contribution in [2.75, 3.05) is 0 Å². The third-order valence-electron chi connectivity index (χ3n) is 6.81. The molecule has 0 atom stereocenters. The van der Waals surface area contributed by atoms with Gasteiger partial charge in [0.15, 0.2) is 0 Å². The Kier molecular flexibility index (Phi) is 3.98. The topological polar surface area (TPSA) is 12.4 Å². The number of benzene rings is 3. The predicted molar refractivity (Wildman–Crippen MR) is 120 cm³/mol. The summed E-state index contributed by atoms with van der Waals surface area (Å²) < 4.78 is 0. The van der Waals surface area contributed by atoms with E-state index in [1.807, 2.05) is 0 Å². The zero-order chi connectivity index (χ0) is 19.5. The van der Waals surface area contributed by atoms with E-state index >= 15 is 0 Å². The van der Waals surface area contributed by atoms with Crippen LogP contribution in [0.5, 0.6) is 0 Å². The van der Waals surface area contributed by atoms with Crippen LogP contribution in [0.4, 0.5) is 5.69 Å². The van der Waals surface area contributed by atoms with Gasteiger partial charge in [-0.1, -0.05) is 55.3 Å². The molecule has 0 saturated heterocycles. The fourth-order valence-electron chi connectivity index (χ4n) is 5.28. The van der Waals surface area contributed by atoms with Crippen molar-refractivity contribution >= 4 is 22.2 Å². The summed E-state index contributed by atoms with van der Waals surface area (Å²) >= 11 is 0. The summed E-state index contributed by atoms with van der Waals surface area (Å²) in [5.74, 6) is 0.683. The first-order valence-corrected chi connectivity index (χ1v) is 10.6. The Bertz CT molecular complexity index is 1090. The molecule has 0 amide bonds. The molecule has 1 fully saturated rings. The molecule has 1 heteroatoms. The second-order valence-electron chi connectivity index (χ2n) is 9.68. The van der Waals surface area contributed by atoms with E-state index in [1.54, 1.807) is 0 Å². The number of aliphatic imine (C=N–C) groups is 1. The molecule has 3 aromatic rings. The number of rotatable bonds is 2. The van der Waals surface area contributed by atoms with Crippen LogP contribution in [0.3, 0.4) is 0 Å². The molecule has 28 heavy (non-hydrogen) atoms. The minimum atomic E-state index is 0.505. The van der Waals surface area contributed by atoms with Gasteiger partial charge >= 0.3 is 0 Å². The Labute approximate surface area is 168 Å². The van der Waals surface area contributed by atoms with Gasteiger partial charge in [0.2, 0.25) is 0 Å². The molecule has 3 aromatic carbocycles. The van der Waals surface area contributed by atoms with E-state index in [0.29, 0.717) is 11.3 Å². The van der Waals surface area contributed by atoms with Crippen LogP contribution in [0.25, 0.3) is 10.8 Å². The molecular weight excluding hydrogens is 338 g/mol. The molecule has 0 unspecified atom stereocenters. The third-order valence-corrected chi connectivity index (χ3v) is 6.81. The summed E-state index contributed by atoms with van der Waals surface area (Å²) in [5, 5.41) is 2.78. The molecule has 2 aliphatic rings. The van der Waals surface area contributed by atoms with Gasteiger partial charge in [0, 0.05) is 16.5 Å². The van der Waals surface area contributed by atoms with E-state index in [2.05, 4.69) is 76.2 Å². The maximum Gasteiger partial charge on any atom is 0.0789 e. The Morgan fingerprint density at radius 2 is 1.61 bits per heavy atom. The summed E-state index contributed by atoms with van der Waals surface area (Å²) in [6.07, 6.45) is 5.25. The Hall–Kier alpha value is -2.41. The Morgan fingerprint density at radius 3 is 2.32 bits per heavy atom. The highest BCUT2D eigenvalue weighted by Crippen LogP contribution is 2.47. The molecule has 142 valence electrons. The van der Waals surface area contributed by atoms with Gasteiger partial charge in [0.25, 0.3) is 0 Å². The second-order valence-corrected chi connectivity index (χ2v) is 9.68. The van der Waals surface area contributed by atoms with Gasteiger partial charge in [0.1, 0.15) is 0 Å². The van der Waals surface area contributed by atoms with Crippen LogP contribution >= 0.6 is 0 Å². The summed E-state index contributed by atoms with van der Waals surface area (Å²) in [5.41, 5.74) is 9.45. The molecule has 0 bridgehead atoms. The van der Waals surface area contributed by atoms with Gasteiger partial charge in [-0.05, 0) is 80.0 Å². The number of hydrogen-bond acceptors (Lipinski definition) is 1. The monoisotopic (exact) mass is 367 g/mol. The lowest BCUT2D eigenvalue weighted by Gasteiger charge is -2.35. The number of nitrogens with zero attached hydrogens (tertiary/aromatic N) is 1. The van der Waals surface area contributed by atoms with E-state index < -0.39 is 0 Å². The lowest BCUT2D eigenvalue weighted by atomic mass is 9.70. The molecule has 1 aliphatic heterocycles. The molecule has 0 radical (unpaired) electrons. The van der Waals surface area contributed by atoms with E-state index in [-0.39, 0.29) is 0 Å². The van der Waals surface area contributed by atoms with Crippen molar-refractivity contribution in [3.63, 3.8) is 0 Å². The van der Waals surface area contributed by atoms with Gasteiger partial charge in [-0.3, -0.25) is 0 Å². The first-order valence-electron chi connectivity index (χ1n) is 10.6. The third kappa shape index (κ3) is 2.89. The molecule has 0 aromatic heterocycles. The first kappa shape index (κ1) is 17.7. The van der Waals surface area contributed by atoms with Gasteiger partial charge in [-0.2, -0.15) is 0 Å². The second kappa shape index (κ2) is 6.30. The molecule has 1 aliphatic carbocycles. The van der Waals surface area contributed by atoms with Crippen molar-refractivity contribution in [3.8, 4) is 0 Å². The molecule has 1 nitrogen and oxygen atoms in total. The SMILES string of the molecule is Cc1cc(C)cc(C2=Nc3ccc(C4CCC(C)(C)CC4)c4cccc2c34)c1.